The molecule has 1 aromatic heterocycles. The first kappa shape index (κ1) is 40.2. The van der Waals surface area contributed by atoms with Gasteiger partial charge in [0.05, 0.1) is 6.61 Å². The van der Waals surface area contributed by atoms with E-state index in [4.69, 9.17) is 14.2 Å². The van der Waals surface area contributed by atoms with Crippen LogP contribution in [0.25, 0.3) is 22.3 Å². The van der Waals surface area contributed by atoms with Crippen LogP contribution in [-0.2, 0) is 19.0 Å². The summed E-state index contributed by atoms with van der Waals surface area (Å²) >= 11 is 0. The van der Waals surface area contributed by atoms with Crippen LogP contribution >= 0.6 is 0 Å². The van der Waals surface area contributed by atoms with E-state index in [1.165, 1.54) is 0 Å². The first-order chi connectivity index (χ1) is 29.2. The van der Waals surface area contributed by atoms with Crippen molar-refractivity contribution < 1.29 is 38.8 Å². The number of carbonyl (C=O) groups excluding carboxylic acids is 3. The third kappa shape index (κ3) is 8.19. The Morgan fingerprint density at radius 3 is 1.77 bits per heavy atom. The number of H-pyrrole nitrogens is 1. The van der Waals surface area contributed by atoms with Gasteiger partial charge in [-0.25, -0.2) is 14.4 Å². The number of rotatable bonds is 14. The molecule has 0 saturated carbocycles. The van der Waals surface area contributed by atoms with E-state index in [0.717, 1.165) is 61.3 Å². The molecular formula is C45H45N5O10. The summed E-state index contributed by atoms with van der Waals surface area (Å²) in [4.78, 5) is 66.8. The highest BCUT2D eigenvalue weighted by Crippen LogP contribution is 2.45. The van der Waals surface area contributed by atoms with Crippen molar-refractivity contribution in [2.75, 3.05) is 26.4 Å². The first-order valence-corrected chi connectivity index (χ1v) is 20.0. The van der Waals surface area contributed by atoms with Crippen molar-refractivity contribution in [1.82, 2.24) is 25.5 Å². The summed E-state index contributed by atoms with van der Waals surface area (Å²) in [5, 5.41) is 29.1. The average Bonchev–Trinajstić information content (AvgIpc) is 3.88. The number of amides is 3. The van der Waals surface area contributed by atoms with Crippen LogP contribution in [0.5, 0.6) is 0 Å². The number of fused-ring (bicyclic) bond motifs is 6. The van der Waals surface area contributed by atoms with E-state index in [2.05, 4.69) is 33.1 Å². The second-order valence-corrected chi connectivity index (χ2v) is 15.1. The highest BCUT2D eigenvalue weighted by molar-refractivity contribution is 5.86. The second kappa shape index (κ2) is 17.7. The van der Waals surface area contributed by atoms with Crippen LogP contribution < -0.4 is 27.2 Å². The Kier molecular flexibility index (Phi) is 11.9. The smallest absolute Gasteiger partial charge is 0.407 e. The number of nitrogens with zero attached hydrogens (tertiary/aromatic N) is 1. The van der Waals surface area contributed by atoms with Gasteiger partial charge in [-0.05, 0) is 63.8 Å². The van der Waals surface area contributed by atoms with Gasteiger partial charge in [-0.15, -0.1) is 0 Å². The van der Waals surface area contributed by atoms with E-state index in [1.807, 2.05) is 84.9 Å². The number of alkyl carbamates (subject to hydrolysis) is 2. The maximum absolute atomic E-state index is 14.0. The third-order valence-electron chi connectivity index (χ3n) is 11.5. The zero-order chi connectivity index (χ0) is 41.8. The molecule has 2 heterocycles. The quantitative estimate of drug-likeness (QED) is 0.0891. The summed E-state index contributed by atoms with van der Waals surface area (Å²) < 4.78 is 18.1. The number of aliphatic hydroxyl groups is 2. The van der Waals surface area contributed by atoms with Gasteiger partial charge in [0.25, 0.3) is 5.56 Å². The largest absolute Gasteiger partial charge is 0.449 e. The number of aromatic amines is 1. The Bertz CT molecular complexity index is 2410. The van der Waals surface area contributed by atoms with E-state index in [1.54, 1.807) is 0 Å². The molecule has 3 amide bonds. The van der Waals surface area contributed by atoms with Crippen molar-refractivity contribution in [3.05, 3.63) is 152 Å². The van der Waals surface area contributed by atoms with Crippen molar-refractivity contribution in [3.8, 4) is 22.3 Å². The van der Waals surface area contributed by atoms with Crippen LogP contribution in [0.3, 0.4) is 0 Å². The standard InChI is InChI=1S/C45H45N5O10/c51-23-37-40(53)39(42(60-37)50-22-20-38(52)48-43(50)55)49-41(54)36(47-45(57)59-25-35-32-17-7-3-13-28(32)29-14-4-8-18-33(29)35)19-9-10-21-46-44(56)58-24-34-30-15-5-1-11-26(30)27-12-2-6-16-31(27)34/h1-8,11-18,20,22,34-37,39-40,42,51,53H,9-10,19,21,23-25H2,(H,46,56)(H,47,57)(H,49,54)(H,48,52,55)/t36-,37?,39?,40?,42?/m1/s1. The molecule has 0 radical (unpaired) electrons. The summed E-state index contributed by atoms with van der Waals surface area (Å²) in [7, 11) is 0. The number of aromatic nitrogens is 2. The van der Waals surface area contributed by atoms with Crippen LogP contribution in [0.15, 0.2) is 119 Å². The Hall–Kier alpha value is -6.55. The van der Waals surface area contributed by atoms with Gasteiger partial charge in [-0.1, -0.05) is 97.1 Å². The minimum Gasteiger partial charge on any atom is -0.449 e. The number of benzene rings is 4. The van der Waals surface area contributed by atoms with Crippen LogP contribution in [0, 0.1) is 0 Å². The Morgan fingerprint density at radius 2 is 1.25 bits per heavy atom. The summed E-state index contributed by atoms with van der Waals surface area (Å²) in [5.74, 6) is -1.04. The van der Waals surface area contributed by atoms with Crippen molar-refractivity contribution >= 4 is 18.1 Å². The molecule has 2 aliphatic carbocycles. The highest BCUT2D eigenvalue weighted by atomic mass is 16.6. The van der Waals surface area contributed by atoms with Crippen LogP contribution in [0.4, 0.5) is 9.59 Å². The van der Waals surface area contributed by atoms with Gasteiger partial charge in [0, 0.05) is 30.6 Å². The SMILES string of the molecule is O=C(NCCCC[C@@H](NC(=O)OCC1c2ccccc2-c2ccccc21)C(=O)NC1C(O)C(CO)OC1n1ccc(=O)[nH]c1=O)OCC1c2ccccc2-c2ccccc21. The van der Waals surface area contributed by atoms with Gasteiger partial charge >= 0.3 is 17.9 Å². The van der Waals surface area contributed by atoms with Gasteiger partial charge in [0.1, 0.15) is 37.5 Å². The fourth-order valence-electron chi connectivity index (χ4n) is 8.55. The topological polar surface area (TPSA) is 210 Å². The predicted molar refractivity (Wildman–Crippen MR) is 219 cm³/mol. The number of ether oxygens (including phenoxy) is 3. The highest BCUT2D eigenvalue weighted by Gasteiger charge is 2.46. The number of nitrogens with one attached hydrogen (secondary N) is 4. The molecule has 8 rings (SSSR count). The molecule has 5 aromatic rings. The van der Waals surface area contributed by atoms with Crippen molar-refractivity contribution in [2.45, 2.75) is 61.6 Å². The summed E-state index contributed by atoms with van der Waals surface area (Å²) in [6, 6.07) is 30.5. The minimum atomic E-state index is -1.46. The number of carbonyl (C=O) groups is 3. The second-order valence-electron chi connectivity index (χ2n) is 15.1. The molecule has 310 valence electrons. The molecule has 4 unspecified atom stereocenters. The molecule has 60 heavy (non-hydrogen) atoms. The first-order valence-electron chi connectivity index (χ1n) is 20.0. The van der Waals surface area contributed by atoms with E-state index in [0.29, 0.717) is 12.8 Å². The van der Waals surface area contributed by atoms with Gasteiger partial charge in [-0.2, -0.15) is 0 Å². The molecule has 3 aliphatic rings. The van der Waals surface area contributed by atoms with E-state index in [9.17, 15) is 34.2 Å². The van der Waals surface area contributed by atoms with E-state index < -0.39 is 66.5 Å². The normalized spacial score (nSPS) is 19.4. The van der Waals surface area contributed by atoms with E-state index >= 15 is 0 Å². The molecule has 4 aromatic carbocycles. The zero-order valence-corrected chi connectivity index (χ0v) is 32.5. The molecule has 5 atom stereocenters. The maximum Gasteiger partial charge on any atom is 0.407 e. The lowest BCUT2D eigenvalue weighted by Crippen LogP contribution is -2.54. The fourth-order valence-corrected chi connectivity index (χ4v) is 8.55. The Morgan fingerprint density at radius 1 is 0.733 bits per heavy atom. The summed E-state index contributed by atoms with van der Waals surface area (Å²) in [6.45, 7) is -0.240. The minimum absolute atomic E-state index is 0.00279. The van der Waals surface area contributed by atoms with Gasteiger partial charge in [0.15, 0.2) is 6.23 Å². The molecule has 0 spiro atoms. The zero-order valence-electron chi connectivity index (χ0n) is 32.5. The molecule has 6 N–H and O–H groups in total. The van der Waals surface area contributed by atoms with Crippen LogP contribution in [0.2, 0.25) is 0 Å². The van der Waals surface area contributed by atoms with Crippen LogP contribution in [-0.4, -0.2) is 88.5 Å². The lowest BCUT2D eigenvalue weighted by molar-refractivity contribution is -0.125. The van der Waals surface area contributed by atoms with Crippen molar-refractivity contribution in [2.24, 2.45) is 0 Å². The monoisotopic (exact) mass is 815 g/mol. The predicted octanol–water partition coefficient (Wildman–Crippen LogP) is 3.89. The maximum atomic E-state index is 14.0. The molecule has 1 fully saturated rings. The van der Waals surface area contributed by atoms with E-state index in [-0.39, 0.29) is 38.0 Å². The van der Waals surface area contributed by atoms with Crippen LogP contribution in [0.1, 0.15) is 59.6 Å². The van der Waals surface area contributed by atoms with Gasteiger partial charge < -0.3 is 40.4 Å². The lowest BCUT2D eigenvalue weighted by atomic mass is 9.98. The average molecular weight is 816 g/mol. The number of hydrogen-bond donors (Lipinski definition) is 6. The van der Waals surface area contributed by atoms with Crippen molar-refractivity contribution in [1.29, 1.82) is 0 Å². The molecule has 1 aliphatic heterocycles. The Labute approximate surface area is 344 Å². The Balaban J connectivity index is 0.907. The van der Waals surface area contributed by atoms with Gasteiger partial charge in [0.2, 0.25) is 5.91 Å². The number of hydrogen-bond acceptors (Lipinski definition) is 10. The molecule has 1 saturated heterocycles. The van der Waals surface area contributed by atoms with Gasteiger partial charge in [-0.3, -0.25) is 19.1 Å². The molecular weight excluding hydrogens is 771 g/mol. The molecule has 15 nitrogen and oxygen atoms in total. The fraction of sp³-hybridized carbons (Fsp3) is 0.311. The molecule has 15 heteroatoms. The lowest BCUT2D eigenvalue weighted by Gasteiger charge is -2.26. The van der Waals surface area contributed by atoms with Crippen molar-refractivity contribution in [3.63, 3.8) is 0 Å². The number of aliphatic hydroxyl groups excluding tert-OH is 2. The summed E-state index contributed by atoms with van der Waals surface area (Å²) in [6.07, 6.45) is -3.34. The summed E-state index contributed by atoms with van der Waals surface area (Å²) in [5.41, 5.74) is 7.07. The molecule has 0 bridgehead atoms. The number of unbranched alkanes of at least 4 members (excludes halogenated alkanes) is 1. The third-order valence-corrected chi connectivity index (χ3v) is 11.5.